The fraction of sp³-hybridized carbons (Fsp3) is 0.500. The van der Waals surface area contributed by atoms with Crippen molar-refractivity contribution in [1.82, 2.24) is 24.9 Å². The van der Waals surface area contributed by atoms with Crippen LogP contribution >= 0.6 is 12.4 Å². The molecule has 100 valence electrons. The molecule has 0 aliphatic carbocycles. The molecule has 0 aliphatic heterocycles. The Morgan fingerprint density at radius 2 is 1.39 bits per heavy atom. The summed E-state index contributed by atoms with van der Waals surface area (Å²) in [6.45, 7) is 7.57. The number of aryl methyl sites for hydroxylation is 2. The lowest BCUT2D eigenvalue weighted by Gasteiger charge is -2.00. The summed E-state index contributed by atoms with van der Waals surface area (Å²) in [5, 5.41) is 12.2. The van der Waals surface area contributed by atoms with Crippen molar-refractivity contribution >= 4 is 12.4 Å². The molecule has 2 aromatic rings. The first-order chi connectivity index (χ1) is 8.31. The van der Waals surface area contributed by atoms with Crippen molar-refractivity contribution in [2.75, 3.05) is 0 Å². The molecule has 1 N–H and O–H groups in total. The van der Waals surface area contributed by atoms with Gasteiger partial charge >= 0.3 is 0 Å². The lowest BCUT2D eigenvalue weighted by atomic mass is 10.4. The third-order valence-electron chi connectivity index (χ3n) is 2.65. The highest BCUT2D eigenvalue weighted by molar-refractivity contribution is 5.85. The zero-order valence-electron chi connectivity index (χ0n) is 10.8. The van der Waals surface area contributed by atoms with Gasteiger partial charge in [0.05, 0.1) is 11.4 Å². The minimum Gasteiger partial charge on any atom is -0.305 e. The van der Waals surface area contributed by atoms with Gasteiger partial charge in [0.25, 0.3) is 0 Å². The summed E-state index contributed by atoms with van der Waals surface area (Å²) in [5.41, 5.74) is 2.14. The fourth-order valence-corrected chi connectivity index (χ4v) is 1.67. The van der Waals surface area contributed by atoms with Gasteiger partial charge in [-0.15, -0.1) is 12.4 Å². The summed E-state index contributed by atoms with van der Waals surface area (Å²) in [6, 6.07) is 4.09. The van der Waals surface area contributed by atoms with Crippen LogP contribution in [-0.4, -0.2) is 19.6 Å². The van der Waals surface area contributed by atoms with Crippen LogP contribution in [0.2, 0.25) is 0 Å². The van der Waals surface area contributed by atoms with Gasteiger partial charge in [-0.3, -0.25) is 9.36 Å². The second-order valence-corrected chi connectivity index (χ2v) is 3.93. The van der Waals surface area contributed by atoms with Crippen LogP contribution in [0.3, 0.4) is 0 Å². The van der Waals surface area contributed by atoms with Gasteiger partial charge in [-0.1, -0.05) is 0 Å². The van der Waals surface area contributed by atoms with E-state index in [-0.39, 0.29) is 12.4 Å². The van der Waals surface area contributed by atoms with Gasteiger partial charge in [0, 0.05) is 38.6 Å². The summed E-state index contributed by atoms with van der Waals surface area (Å²) in [6.07, 6.45) is 4.01. The Bertz CT molecular complexity index is 420. The van der Waals surface area contributed by atoms with Gasteiger partial charge in [0.2, 0.25) is 0 Å². The highest BCUT2D eigenvalue weighted by Crippen LogP contribution is 1.98. The molecule has 0 atom stereocenters. The van der Waals surface area contributed by atoms with Gasteiger partial charge in [-0.25, -0.2) is 0 Å². The van der Waals surface area contributed by atoms with Crippen LogP contribution in [0.25, 0.3) is 0 Å². The van der Waals surface area contributed by atoms with E-state index in [0.717, 1.165) is 37.6 Å². The average Bonchev–Trinajstić information content (AvgIpc) is 2.97. The molecular formula is C12H20ClN5. The lowest BCUT2D eigenvalue weighted by molar-refractivity contribution is 0.601. The maximum Gasteiger partial charge on any atom is 0.0762 e. The number of nitrogens with zero attached hydrogens (tertiary/aromatic N) is 4. The highest BCUT2D eigenvalue weighted by atomic mass is 35.5. The van der Waals surface area contributed by atoms with E-state index < -0.39 is 0 Å². The Morgan fingerprint density at radius 1 is 0.944 bits per heavy atom. The highest BCUT2D eigenvalue weighted by Gasteiger charge is 2.00. The molecular weight excluding hydrogens is 250 g/mol. The second-order valence-electron chi connectivity index (χ2n) is 3.93. The van der Waals surface area contributed by atoms with E-state index in [4.69, 9.17) is 0 Å². The number of nitrogens with one attached hydrogen (secondary N) is 1. The van der Waals surface area contributed by atoms with Crippen molar-refractivity contribution in [2.24, 2.45) is 0 Å². The van der Waals surface area contributed by atoms with Gasteiger partial charge in [-0.05, 0) is 26.0 Å². The Labute approximate surface area is 114 Å². The van der Waals surface area contributed by atoms with Gasteiger partial charge in [0.1, 0.15) is 0 Å². The van der Waals surface area contributed by atoms with E-state index in [2.05, 4.69) is 29.4 Å². The van der Waals surface area contributed by atoms with Gasteiger partial charge in [0.15, 0.2) is 0 Å². The molecule has 0 aromatic carbocycles. The van der Waals surface area contributed by atoms with E-state index in [0.29, 0.717) is 0 Å². The SMILES string of the molecule is CCn1ccc(CNCc2ccn(CC)n2)n1.Cl. The molecule has 5 nitrogen and oxygen atoms in total. The minimum atomic E-state index is 0. The van der Waals surface area contributed by atoms with Crippen molar-refractivity contribution < 1.29 is 0 Å². The number of rotatable bonds is 6. The van der Waals surface area contributed by atoms with Crippen molar-refractivity contribution in [3.63, 3.8) is 0 Å². The van der Waals surface area contributed by atoms with Crippen LogP contribution in [0, 0.1) is 0 Å². The molecule has 0 spiro atoms. The van der Waals surface area contributed by atoms with E-state index in [1.54, 1.807) is 0 Å². The lowest BCUT2D eigenvalue weighted by Crippen LogP contribution is -2.14. The zero-order chi connectivity index (χ0) is 12.1. The Hall–Kier alpha value is -1.33. The minimum absolute atomic E-state index is 0. The monoisotopic (exact) mass is 269 g/mol. The molecule has 0 saturated carbocycles. The van der Waals surface area contributed by atoms with Crippen LogP contribution in [0.1, 0.15) is 25.2 Å². The molecule has 6 heteroatoms. The number of hydrogen-bond donors (Lipinski definition) is 1. The predicted octanol–water partition coefficient (Wildman–Crippen LogP) is 1.83. The molecule has 0 aliphatic rings. The van der Waals surface area contributed by atoms with E-state index >= 15 is 0 Å². The zero-order valence-corrected chi connectivity index (χ0v) is 11.7. The summed E-state index contributed by atoms with van der Waals surface area (Å²) in [5.74, 6) is 0. The molecule has 0 radical (unpaired) electrons. The molecule has 0 unspecified atom stereocenters. The van der Waals surface area contributed by atoms with Crippen molar-refractivity contribution in [1.29, 1.82) is 0 Å². The quantitative estimate of drug-likeness (QED) is 0.870. The fourth-order valence-electron chi connectivity index (χ4n) is 1.67. The first-order valence-corrected chi connectivity index (χ1v) is 6.07. The molecule has 0 bridgehead atoms. The number of aromatic nitrogens is 4. The smallest absolute Gasteiger partial charge is 0.0762 e. The van der Waals surface area contributed by atoms with E-state index in [9.17, 15) is 0 Å². The predicted molar refractivity (Wildman–Crippen MR) is 73.6 cm³/mol. The maximum atomic E-state index is 4.41. The van der Waals surface area contributed by atoms with Crippen molar-refractivity contribution in [3.8, 4) is 0 Å². The Morgan fingerprint density at radius 3 is 1.72 bits per heavy atom. The van der Waals surface area contributed by atoms with E-state index in [1.165, 1.54) is 0 Å². The summed E-state index contributed by atoms with van der Waals surface area (Å²) < 4.78 is 3.87. The molecule has 18 heavy (non-hydrogen) atoms. The van der Waals surface area contributed by atoms with Crippen LogP contribution in [-0.2, 0) is 26.2 Å². The van der Waals surface area contributed by atoms with Crippen LogP contribution in [0.5, 0.6) is 0 Å². The van der Waals surface area contributed by atoms with Crippen molar-refractivity contribution in [2.45, 2.75) is 40.0 Å². The molecule has 2 aromatic heterocycles. The van der Waals surface area contributed by atoms with E-state index in [1.807, 2.05) is 33.9 Å². The van der Waals surface area contributed by atoms with Crippen LogP contribution < -0.4 is 5.32 Å². The standard InChI is InChI=1S/C12H19N5.ClH/c1-3-16-7-5-11(14-16)9-13-10-12-6-8-17(4-2)15-12;/h5-8,13H,3-4,9-10H2,1-2H3;1H. The van der Waals surface area contributed by atoms with Crippen molar-refractivity contribution in [3.05, 3.63) is 35.9 Å². The van der Waals surface area contributed by atoms with Crippen LogP contribution in [0.4, 0.5) is 0 Å². The Kier molecular flexibility index (Phi) is 5.88. The molecule has 0 fully saturated rings. The topological polar surface area (TPSA) is 47.7 Å². The molecule has 2 rings (SSSR count). The van der Waals surface area contributed by atoms with Gasteiger partial charge in [-0.2, -0.15) is 10.2 Å². The summed E-state index contributed by atoms with van der Waals surface area (Å²) in [4.78, 5) is 0. The summed E-state index contributed by atoms with van der Waals surface area (Å²) in [7, 11) is 0. The second kappa shape index (κ2) is 7.18. The largest absolute Gasteiger partial charge is 0.305 e. The average molecular weight is 270 g/mol. The third kappa shape index (κ3) is 3.85. The molecule has 0 saturated heterocycles. The van der Waals surface area contributed by atoms with Gasteiger partial charge < -0.3 is 5.32 Å². The Balaban J connectivity index is 0.00000162. The maximum absolute atomic E-state index is 4.41. The molecule has 0 amide bonds. The first kappa shape index (κ1) is 14.7. The first-order valence-electron chi connectivity index (χ1n) is 6.07. The molecule has 2 heterocycles. The number of hydrogen-bond acceptors (Lipinski definition) is 3. The number of halogens is 1. The van der Waals surface area contributed by atoms with Crippen LogP contribution in [0.15, 0.2) is 24.5 Å². The normalized spacial score (nSPS) is 10.3. The summed E-state index contributed by atoms with van der Waals surface area (Å²) >= 11 is 0. The third-order valence-corrected chi connectivity index (χ3v) is 2.65.